The monoisotopic (exact) mass is 1720 g/mol. The number of fused-ring (bicyclic) bond motifs is 3. The van der Waals surface area contributed by atoms with Gasteiger partial charge in [0.05, 0.1) is 97.1 Å². The Morgan fingerprint density at radius 3 is 1.24 bits per heavy atom. The SMILES string of the molecule is [C-]#[N+]c1cnn(-c2ccc(C(=O)NCCN(CCN=COCCn3c(C)c(N=Nc4c(C#N)cnn4-c4ccc(C(=O)O)cc4)c4ccccc43)CCNC(=O)CCn3c(C)c(N=Nc4c([N+]#[C-])cnn4-c4ccc(C(=O)NCCN(CCNC)CCNC)cc4)c4ccccc43)cc2)c1N=Nc1c(C)n(CCOC=NCCN(CCN)CCNC)c2ccccc12. The standard InChI is InChI=1S/C90H104N30O7/c1-63-82(107-110-86-76(96-7)59-104-119(86)71-27-21-66(22-28-71)88(122)101-41-51-113(46-36-94-5)47-37-95-6)73-15-9-12-18-78(73)115(63)43-33-81(121)100-40-50-114(49-39-99-62-127-55-53-116-64(2)83(74-16-10-13-19-79(74)116)106-109-85-69(57-92)58-103-118(85)70-31-25-68(26-32-70)90(124)125)52-42-102-89(123)67-23-29-72(30-24-67)120-87(77(97-8)60-105-120)111-108-84-65(3)117(80-20-14-11-17-75(80)84)54-56-126-61-98-38-48-112(44-34-91)45-35-93-4/h9-32,58-62,93-95H,33-56,91H2,1-6H3,(H,100,121)(H,101,122)(H,102,123)(H,124,125). The number of likely N-dealkylation sites (N-methyl/N-ethyl adjacent to an activating group) is 3. The van der Waals surface area contributed by atoms with E-state index >= 15 is 0 Å². The number of aromatic carboxylic acids is 1. The Hall–Kier alpha value is -14.6. The van der Waals surface area contributed by atoms with Gasteiger partial charge in [0.15, 0.2) is 30.3 Å². The molecule has 0 aliphatic rings. The molecular formula is C90H104N30O7. The molecule has 0 atom stereocenters. The number of nitriles is 1. The number of aliphatic imine (C=N–C) groups is 2. The summed E-state index contributed by atoms with van der Waals surface area (Å²) in [6.07, 6.45) is 7.29. The van der Waals surface area contributed by atoms with Crippen molar-refractivity contribution in [2.75, 3.05) is 152 Å². The molecule has 37 heteroatoms. The molecule has 0 aliphatic heterocycles. The van der Waals surface area contributed by atoms with Crippen LogP contribution in [-0.4, -0.2) is 252 Å². The van der Waals surface area contributed by atoms with Gasteiger partial charge in [0.1, 0.15) is 41.9 Å². The third-order valence-electron chi connectivity index (χ3n) is 21.5. The number of nitrogens with one attached hydrogen (secondary N) is 6. The minimum Gasteiger partial charge on any atom is -0.482 e. The second-order valence-electron chi connectivity index (χ2n) is 29.5. The molecule has 0 radical (unpaired) electrons. The van der Waals surface area contributed by atoms with E-state index in [1.165, 1.54) is 57.6 Å². The Kier molecular flexibility index (Phi) is 33.3. The van der Waals surface area contributed by atoms with Crippen molar-refractivity contribution in [2.24, 2.45) is 46.4 Å². The molecule has 0 fully saturated rings. The summed E-state index contributed by atoms with van der Waals surface area (Å²) in [5.41, 5.74) is 15.8. The number of carboxylic acids is 1. The van der Waals surface area contributed by atoms with Crippen LogP contribution in [0.4, 0.5) is 45.9 Å². The first-order chi connectivity index (χ1) is 62.1. The van der Waals surface area contributed by atoms with Crippen LogP contribution in [0.15, 0.2) is 205 Å². The zero-order chi connectivity index (χ0) is 89.4. The van der Waals surface area contributed by atoms with Gasteiger partial charge in [0.25, 0.3) is 23.2 Å². The van der Waals surface area contributed by atoms with Crippen molar-refractivity contribution in [1.82, 2.24) is 89.6 Å². The molecule has 37 nitrogen and oxygen atoms in total. The summed E-state index contributed by atoms with van der Waals surface area (Å²) in [6, 6.07) is 45.3. The predicted octanol–water partition coefficient (Wildman–Crippen LogP) is 11.9. The Labute approximate surface area is 735 Å². The maximum atomic E-state index is 14.0. The summed E-state index contributed by atoms with van der Waals surface area (Å²) in [7, 11) is 5.76. The first kappa shape index (κ1) is 91.6. The van der Waals surface area contributed by atoms with Crippen LogP contribution in [0.1, 0.15) is 60.1 Å². The number of nitrogens with zero attached hydrogens (tertiary/aromatic N) is 23. The van der Waals surface area contributed by atoms with E-state index in [0.29, 0.717) is 124 Å². The van der Waals surface area contributed by atoms with Crippen LogP contribution < -0.4 is 37.6 Å². The fraction of sp³-hybridized carbons (Fsp3) is 0.333. The lowest BCUT2D eigenvalue weighted by molar-refractivity contribution is -0.121. The first-order valence-electron chi connectivity index (χ1n) is 41.8. The highest BCUT2D eigenvalue weighted by atomic mass is 16.5. The zero-order valence-corrected chi connectivity index (χ0v) is 72.0. The number of azo groups is 3. The minimum atomic E-state index is -1.07. The Balaban J connectivity index is 0.688. The van der Waals surface area contributed by atoms with Crippen molar-refractivity contribution < 1.29 is 33.8 Å². The number of rotatable bonds is 49. The Bertz CT molecular complexity index is 6040. The highest BCUT2D eigenvalue weighted by molar-refractivity contribution is 5.97. The van der Waals surface area contributed by atoms with Gasteiger partial charge in [-0.05, 0) is 133 Å². The summed E-state index contributed by atoms with van der Waals surface area (Å²) in [5, 5.41) is 82.1. The molecule has 0 spiro atoms. The molecule has 0 saturated carbocycles. The van der Waals surface area contributed by atoms with Gasteiger partial charge >= 0.3 is 5.97 Å². The molecule has 6 heterocycles. The van der Waals surface area contributed by atoms with Crippen molar-refractivity contribution in [1.29, 1.82) is 5.26 Å². The van der Waals surface area contributed by atoms with Crippen LogP contribution in [0.5, 0.6) is 0 Å². The second-order valence-corrected chi connectivity index (χ2v) is 29.5. The summed E-state index contributed by atoms with van der Waals surface area (Å²) < 4.78 is 22.5. The van der Waals surface area contributed by atoms with E-state index in [1.807, 2.05) is 119 Å². The van der Waals surface area contributed by atoms with Crippen molar-refractivity contribution in [3.05, 3.63) is 226 Å². The maximum Gasteiger partial charge on any atom is 0.335 e. The number of nitrogens with two attached hydrogens (primary N) is 1. The number of carboxylic acid groups (broad SMARTS) is 1. The molecule has 6 aromatic heterocycles. The number of ether oxygens (including phenoxy) is 2. The lowest BCUT2D eigenvalue weighted by Gasteiger charge is -2.22. The second kappa shape index (κ2) is 46.2. The topological polar surface area (TPSA) is 415 Å². The number of benzene rings is 6. The van der Waals surface area contributed by atoms with Gasteiger partial charge in [-0.2, -0.15) is 20.6 Å². The van der Waals surface area contributed by atoms with Gasteiger partial charge in [-0.25, -0.2) is 28.5 Å². The molecule has 9 N–H and O–H groups in total. The van der Waals surface area contributed by atoms with Gasteiger partial charge in [-0.3, -0.25) is 39.1 Å². The van der Waals surface area contributed by atoms with E-state index in [9.17, 15) is 29.5 Å². The summed E-state index contributed by atoms with van der Waals surface area (Å²) in [6.45, 7) is 34.7. The summed E-state index contributed by atoms with van der Waals surface area (Å²) in [5.74, 6) is -1.21. The maximum absolute atomic E-state index is 14.0. The smallest absolute Gasteiger partial charge is 0.335 e. The third-order valence-corrected chi connectivity index (χ3v) is 21.5. The Morgan fingerprint density at radius 1 is 0.472 bits per heavy atom. The number of hydrogen-bond acceptors (Lipinski definition) is 25. The molecule has 12 aromatic rings. The van der Waals surface area contributed by atoms with Crippen molar-refractivity contribution in [3.8, 4) is 23.1 Å². The van der Waals surface area contributed by atoms with E-state index in [-0.39, 0.29) is 83.8 Å². The highest BCUT2D eigenvalue weighted by Crippen LogP contribution is 2.41. The van der Waals surface area contributed by atoms with Crippen LogP contribution in [0.2, 0.25) is 0 Å². The van der Waals surface area contributed by atoms with E-state index in [2.05, 4.69) is 117 Å². The van der Waals surface area contributed by atoms with Crippen molar-refractivity contribution >= 4 is 115 Å². The average Bonchev–Trinajstić information content (AvgIpc) is 1.63. The lowest BCUT2D eigenvalue weighted by atomic mass is 10.2. The molecule has 3 amide bonds. The molecule has 6 aromatic carbocycles. The number of hydrogen-bond donors (Lipinski definition) is 8. The molecular weight excluding hydrogens is 1610 g/mol. The van der Waals surface area contributed by atoms with Crippen molar-refractivity contribution in [2.45, 2.75) is 46.8 Å². The van der Waals surface area contributed by atoms with E-state index < -0.39 is 5.97 Å². The molecule has 0 bridgehead atoms. The van der Waals surface area contributed by atoms with Gasteiger partial charge < -0.3 is 65.9 Å². The number of carbonyl (C=O) groups excluding carboxylic acids is 3. The number of aromatic nitrogens is 9. The average molecular weight is 1720 g/mol. The highest BCUT2D eigenvalue weighted by Gasteiger charge is 2.23. The molecule has 0 saturated heterocycles. The van der Waals surface area contributed by atoms with Crippen LogP contribution >= 0.6 is 0 Å². The molecule has 127 heavy (non-hydrogen) atoms. The Morgan fingerprint density at radius 2 is 0.835 bits per heavy atom. The van der Waals surface area contributed by atoms with Crippen LogP contribution in [0, 0.1) is 45.2 Å². The normalized spacial score (nSPS) is 11.8. The number of carbonyl (C=O) groups is 4. The predicted molar refractivity (Wildman–Crippen MR) is 489 cm³/mol. The number of para-hydroxylation sites is 3. The van der Waals surface area contributed by atoms with Gasteiger partial charge in [-0.15, -0.1) is 30.7 Å². The number of aryl methyl sites for hydroxylation is 1. The largest absolute Gasteiger partial charge is 0.482 e. The lowest BCUT2D eigenvalue weighted by Crippen LogP contribution is -2.40. The quantitative estimate of drug-likeness (QED) is 0.00577. The van der Waals surface area contributed by atoms with Gasteiger partial charge in [0.2, 0.25) is 5.91 Å². The van der Waals surface area contributed by atoms with E-state index in [1.54, 1.807) is 60.7 Å². The zero-order valence-electron chi connectivity index (χ0n) is 72.0. The van der Waals surface area contributed by atoms with Gasteiger partial charge in [-0.1, -0.05) is 54.6 Å². The fourth-order valence-electron chi connectivity index (χ4n) is 14.6. The third kappa shape index (κ3) is 23.5. The first-order valence-corrected chi connectivity index (χ1v) is 41.8. The van der Waals surface area contributed by atoms with Crippen LogP contribution in [-0.2, 0) is 33.9 Å². The molecule has 0 unspecified atom stereocenters. The van der Waals surface area contributed by atoms with E-state index in [0.717, 1.165) is 102 Å². The number of amides is 3. The molecule has 656 valence electrons. The van der Waals surface area contributed by atoms with Crippen LogP contribution in [0.25, 0.3) is 59.5 Å². The fourth-order valence-corrected chi connectivity index (χ4v) is 14.6. The summed E-state index contributed by atoms with van der Waals surface area (Å²) in [4.78, 5) is 75.9. The van der Waals surface area contributed by atoms with Gasteiger partial charge in [0, 0.05) is 162 Å². The molecule has 12 rings (SSSR count). The summed E-state index contributed by atoms with van der Waals surface area (Å²) >= 11 is 0. The minimum absolute atomic E-state index is 0.0968. The van der Waals surface area contributed by atoms with E-state index in [4.69, 9.17) is 38.6 Å². The van der Waals surface area contributed by atoms with Crippen molar-refractivity contribution in [3.63, 3.8) is 0 Å². The molecule has 0 aliphatic carbocycles. The van der Waals surface area contributed by atoms with Crippen LogP contribution in [0.3, 0.4) is 0 Å².